The minimum atomic E-state index is -3.64. The molecule has 0 saturated carbocycles. The molecule has 0 atom stereocenters. The number of nitrogens with one attached hydrogen (secondary N) is 1. The van der Waals surface area contributed by atoms with E-state index in [4.69, 9.17) is 4.74 Å². The molecule has 3 aromatic carbocycles. The van der Waals surface area contributed by atoms with Gasteiger partial charge in [0.05, 0.1) is 23.4 Å². The first-order valence-electron chi connectivity index (χ1n) is 9.36. The van der Waals surface area contributed by atoms with E-state index in [1.807, 2.05) is 6.07 Å². The van der Waals surface area contributed by atoms with Gasteiger partial charge in [-0.2, -0.15) is 0 Å². The van der Waals surface area contributed by atoms with Gasteiger partial charge in [-0.3, -0.25) is 9.59 Å². The number of amides is 1. The van der Waals surface area contributed by atoms with Crippen LogP contribution < -0.4 is 10.1 Å². The van der Waals surface area contributed by atoms with Gasteiger partial charge in [0.25, 0.3) is 0 Å². The van der Waals surface area contributed by atoms with Crippen molar-refractivity contribution in [2.24, 2.45) is 0 Å². The van der Waals surface area contributed by atoms with Crippen molar-refractivity contribution < 1.29 is 22.7 Å². The number of benzene rings is 3. The van der Waals surface area contributed by atoms with Gasteiger partial charge in [-0.15, -0.1) is 0 Å². The summed E-state index contributed by atoms with van der Waals surface area (Å²) < 4.78 is 30.7. The zero-order valence-electron chi connectivity index (χ0n) is 16.7. The third kappa shape index (κ3) is 5.80. The third-order valence-electron chi connectivity index (χ3n) is 4.55. The number of rotatable bonds is 8. The molecule has 3 rings (SSSR count). The number of carbonyl (C=O) groups excluding carboxylic acids is 2. The maximum Gasteiger partial charge on any atom is 0.225 e. The van der Waals surface area contributed by atoms with Crippen LogP contribution in [0.15, 0.2) is 82.2 Å². The summed E-state index contributed by atoms with van der Waals surface area (Å²) >= 11 is 3.34. The maximum atomic E-state index is 12.9. The smallest absolute Gasteiger partial charge is 0.225 e. The molecule has 31 heavy (non-hydrogen) atoms. The highest BCUT2D eigenvalue weighted by atomic mass is 79.9. The van der Waals surface area contributed by atoms with Crippen molar-refractivity contribution in [1.29, 1.82) is 0 Å². The summed E-state index contributed by atoms with van der Waals surface area (Å²) in [5.74, 6) is -0.559. The Morgan fingerprint density at radius 1 is 0.968 bits per heavy atom. The summed E-state index contributed by atoms with van der Waals surface area (Å²) in [6.45, 7) is 0. The number of ketones is 1. The molecule has 0 aliphatic rings. The van der Waals surface area contributed by atoms with E-state index < -0.39 is 15.7 Å². The molecule has 1 amide bonds. The van der Waals surface area contributed by atoms with Crippen LogP contribution >= 0.6 is 15.9 Å². The van der Waals surface area contributed by atoms with E-state index in [0.29, 0.717) is 27.0 Å². The highest BCUT2D eigenvalue weighted by Crippen LogP contribution is 2.24. The monoisotopic (exact) mass is 501 g/mol. The summed E-state index contributed by atoms with van der Waals surface area (Å²) in [6, 6.07) is 19.6. The predicted molar refractivity (Wildman–Crippen MR) is 122 cm³/mol. The summed E-state index contributed by atoms with van der Waals surface area (Å²) in [5.41, 5.74) is 1.12. The molecular formula is C23H20BrNO5S. The molecule has 1 N–H and O–H groups in total. The number of ether oxygens (including phenoxy) is 1. The minimum absolute atomic E-state index is 0.115. The molecule has 160 valence electrons. The van der Waals surface area contributed by atoms with Gasteiger partial charge >= 0.3 is 0 Å². The molecule has 0 aromatic heterocycles. The molecule has 0 bridgehead atoms. The highest BCUT2D eigenvalue weighted by molar-refractivity contribution is 9.10. The van der Waals surface area contributed by atoms with Crippen molar-refractivity contribution in [1.82, 2.24) is 0 Å². The molecule has 0 heterocycles. The van der Waals surface area contributed by atoms with Gasteiger partial charge in [-0.1, -0.05) is 46.3 Å². The standard InChI is InChI=1S/C23H20BrNO5S/c1-30-18-8-10-19(11-9-18)31(28,29)14-13-22(26)25-21-12-7-17(24)15-20(21)23(27)16-5-3-2-4-6-16/h2-12,15H,13-14H2,1H3,(H,25,26). The topological polar surface area (TPSA) is 89.5 Å². The van der Waals surface area contributed by atoms with Gasteiger partial charge in [-0.25, -0.2) is 8.42 Å². The number of carbonyl (C=O) groups is 2. The van der Waals surface area contributed by atoms with E-state index in [2.05, 4.69) is 21.2 Å². The molecule has 6 nitrogen and oxygen atoms in total. The zero-order valence-corrected chi connectivity index (χ0v) is 19.1. The minimum Gasteiger partial charge on any atom is -0.497 e. The lowest BCUT2D eigenvalue weighted by Crippen LogP contribution is -2.19. The van der Waals surface area contributed by atoms with Gasteiger partial charge in [0.15, 0.2) is 15.6 Å². The van der Waals surface area contributed by atoms with E-state index in [9.17, 15) is 18.0 Å². The number of sulfone groups is 1. The molecule has 0 aliphatic carbocycles. The second kappa shape index (κ2) is 9.89. The first kappa shape index (κ1) is 22.7. The third-order valence-corrected chi connectivity index (χ3v) is 6.78. The number of hydrogen-bond donors (Lipinski definition) is 1. The van der Waals surface area contributed by atoms with E-state index >= 15 is 0 Å². The van der Waals surface area contributed by atoms with Gasteiger partial charge in [0, 0.05) is 22.0 Å². The second-order valence-electron chi connectivity index (χ2n) is 6.68. The summed E-state index contributed by atoms with van der Waals surface area (Å²) in [5, 5.41) is 2.67. The zero-order chi connectivity index (χ0) is 22.4. The number of halogens is 1. The van der Waals surface area contributed by atoms with E-state index in [1.165, 1.54) is 19.2 Å². The van der Waals surface area contributed by atoms with Crippen LogP contribution in [0.3, 0.4) is 0 Å². The molecular weight excluding hydrogens is 482 g/mol. The highest BCUT2D eigenvalue weighted by Gasteiger charge is 2.19. The van der Waals surface area contributed by atoms with E-state index in [-0.39, 0.29) is 22.9 Å². The van der Waals surface area contributed by atoms with Gasteiger partial charge < -0.3 is 10.1 Å². The fraction of sp³-hybridized carbons (Fsp3) is 0.130. The predicted octanol–water partition coefficient (Wildman–Crippen LogP) is 4.49. The normalized spacial score (nSPS) is 11.0. The maximum absolute atomic E-state index is 12.9. The van der Waals surface area contributed by atoms with Gasteiger partial charge in [0.2, 0.25) is 5.91 Å². The van der Waals surface area contributed by atoms with Gasteiger partial charge in [0.1, 0.15) is 5.75 Å². The van der Waals surface area contributed by atoms with Crippen LogP contribution in [0.1, 0.15) is 22.3 Å². The summed E-state index contributed by atoms with van der Waals surface area (Å²) in [6.07, 6.45) is -0.247. The molecule has 0 unspecified atom stereocenters. The van der Waals surface area contributed by atoms with Crippen molar-refractivity contribution in [3.05, 3.63) is 88.4 Å². The Bertz CT molecular complexity index is 1190. The molecule has 8 heteroatoms. The average molecular weight is 502 g/mol. The largest absolute Gasteiger partial charge is 0.497 e. The molecule has 0 fully saturated rings. The Morgan fingerprint density at radius 3 is 2.29 bits per heavy atom. The lowest BCUT2D eigenvalue weighted by atomic mass is 10.0. The van der Waals surface area contributed by atoms with Crippen molar-refractivity contribution >= 4 is 43.1 Å². The number of methoxy groups -OCH3 is 1. The number of hydrogen-bond acceptors (Lipinski definition) is 5. The van der Waals surface area contributed by atoms with Crippen LogP contribution in [0.2, 0.25) is 0 Å². The van der Waals surface area contributed by atoms with Crippen LogP contribution in [0.4, 0.5) is 5.69 Å². The van der Waals surface area contributed by atoms with E-state index in [1.54, 1.807) is 54.6 Å². The first-order chi connectivity index (χ1) is 14.8. The Morgan fingerprint density at radius 2 is 1.65 bits per heavy atom. The fourth-order valence-corrected chi connectivity index (χ4v) is 4.50. The first-order valence-corrected chi connectivity index (χ1v) is 11.8. The van der Waals surface area contributed by atoms with Crippen LogP contribution in [-0.4, -0.2) is 33.0 Å². The summed E-state index contributed by atoms with van der Waals surface area (Å²) in [4.78, 5) is 25.5. The van der Waals surface area contributed by atoms with Crippen molar-refractivity contribution in [3.8, 4) is 5.75 Å². The Hall–Kier alpha value is -2.97. The Labute approximate surface area is 189 Å². The fourth-order valence-electron chi connectivity index (χ4n) is 2.90. The lowest BCUT2D eigenvalue weighted by Gasteiger charge is -2.12. The molecule has 0 spiro atoms. The molecule has 0 aliphatic heterocycles. The van der Waals surface area contributed by atoms with Crippen molar-refractivity contribution in [2.75, 3.05) is 18.2 Å². The van der Waals surface area contributed by atoms with Crippen LogP contribution in [0.25, 0.3) is 0 Å². The average Bonchev–Trinajstić information content (AvgIpc) is 2.79. The number of anilines is 1. The van der Waals surface area contributed by atoms with Gasteiger partial charge in [-0.05, 0) is 42.5 Å². The SMILES string of the molecule is COc1ccc(S(=O)(=O)CCC(=O)Nc2ccc(Br)cc2C(=O)c2ccccc2)cc1. The molecule has 0 radical (unpaired) electrons. The van der Waals surface area contributed by atoms with Crippen LogP contribution in [0, 0.1) is 0 Å². The second-order valence-corrected chi connectivity index (χ2v) is 9.70. The molecule has 0 saturated heterocycles. The Kier molecular flexibility index (Phi) is 7.25. The molecule has 3 aromatic rings. The van der Waals surface area contributed by atoms with Crippen LogP contribution in [0.5, 0.6) is 5.75 Å². The Balaban J connectivity index is 1.72. The van der Waals surface area contributed by atoms with Crippen molar-refractivity contribution in [2.45, 2.75) is 11.3 Å². The van der Waals surface area contributed by atoms with Crippen molar-refractivity contribution in [3.63, 3.8) is 0 Å². The van der Waals surface area contributed by atoms with E-state index in [0.717, 1.165) is 0 Å². The quantitative estimate of drug-likeness (QED) is 0.459. The summed E-state index contributed by atoms with van der Waals surface area (Å²) in [7, 11) is -2.15. The van der Waals surface area contributed by atoms with Crippen LogP contribution in [-0.2, 0) is 14.6 Å². The lowest BCUT2D eigenvalue weighted by molar-refractivity contribution is -0.115.